The monoisotopic (exact) mass is 278 g/mol. The van der Waals surface area contributed by atoms with Gasteiger partial charge in [0, 0.05) is 23.9 Å². The van der Waals surface area contributed by atoms with Gasteiger partial charge in [-0.2, -0.15) is 0 Å². The van der Waals surface area contributed by atoms with E-state index in [1.165, 1.54) is 26.0 Å². The number of rotatable bonds is 4. The summed E-state index contributed by atoms with van der Waals surface area (Å²) in [6.07, 6.45) is 3.57. The SMILES string of the molecule is COc1cc(NC2CCCC(C)C2C)cc([N+](=O)[O-])c1. The van der Waals surface area contributed by atoms with E-state index < -0.39 is 0 Å². The third kappa shape index (κ3) is 3.21. The Morgan fingerprint density at radius 1 is 1.30 bits per heavy atom. The minimum atomic E-state index is -0.388. The fourth-order valence-electron chi connectivity index (χ4n) is 2.89. The predicted molar refractivity (Wildman–Crippen MR) is 79.2 cm³/mol. The lowest BCUT2D eigenvalue weighted by Crippen LogP contribution is -2.35. The smallest absolute Gasteiger partial charge is 0.275 e. The van der Waals surface area contributed by atoms with Crippen molar-refractivity contribution in [1.82, 2.24) is 0 Å². The lowest BCUT2D eigenvalue weighted by atomic mass is 9.78. The van der Waals surface area contributed by atoms with E-state index in [2.05, 4.69) is 19.2 Å². The molecule has 0 aliphatic heterocycles. The summed E-state index contributed by atoms with van der Waals surface area (Å²) in [6.45, 7) is 4.52. The maximum absolute atomic E-state index is 11.0. The van der Waals surface area contributed by atoms with Crippen LogP contribution in [0.2, 0.25) is 0 Å². The lowest BCUT2D eigenvalue weighted by molar-refractivity contribution is -0.384. The minimum Gasteiger partial charge on any atom is -0.496 e. The number of methoxy groups -OCH3 is 1. The van der Waals surface area contributed by atoms with Gasteiger partial charge in [0.05, 0.1) is 18.1 Å². The molecule has 1 saturated carbocycles. The number of hydrogen-bond acceptors (Lipinski definition) is 4. The highest BCUT2D eigenvalue weighted by atomic mass is 16.6. The molecule has 0 bridgehead atoms. The molecule has 1 aromatic carbocycles. The first kappa shape index (κ1) is 14.6. The maximum Gasteiger partial charge on any atom is 0.275 e. The molecule has 0 heterocycles. The lowest BCUT2D eigenvalue weighted by Gasteiger charge is -2.35. The number of nitrogens with zero attached hydrogens (tertiary/aromatic N) is 1. The Balaban J connectivity index is 2.19. The number of anilines is 1. The number of non-ortho nitro benzene ring substituents is 1. The van der Waals surface area contributed by atoms with E-state index in [0.29, 0.717) is 23.6 Å². The average Bonchev–Trinajstić information content (AvgIpc) is 2.43. The van der Waals surface area contributed by atoms with Crippen molar-refractivity contribution >= 4 is 11.4 Å². The molecule has 5 heteroatoms. The molecule has 110 valence electrons. The molecule has 2 rings (SSSR count). The van der Waals surface area contributed by atoms with Crippen LogP contribution in [0.15, 0.2) is 18.2 Å². The van der Waals surface area contributed by atoms with Gasteiger partial charge in [-0.15, -0.1) is 0 Å². The van der Waals surface area contributed by atoms with Crippen molar-refractivity contribution in [3.63, 3.8) is 0 Å². The fourth-order valence-corrected chi connectivity index (χ4v) is 2.89. The van der Waals surface area contributed by atoms with Crippen LogP contribution >= 0.6 is 0 Å². The zero-order valence-corrected chi connectivity index (χ0v) is 12.3. The number of benzene rings is 1. The van der Waals surface area contributed by atoms with Crippen molar-refractivity contribution in [3.8, 4) is 5.75 Å². The Morgan fingerprint density at radius 3 is 2.70 bits per heavy atom. The third-order valence-corrected chi connectivity index (χ3v) is 4.40. The largest absolute Gasteiger partial charge is 0.496 e. The van der Waals surface area contributed by atoms with Gasteiger partial charge in [-0.25, -0.2) is 0 Å². The second-order valence-electron chi connectivity index (χ2n) is 5.69. The highest BCUT2D eigenvalue weighted by Crippen LogP contribution is 2.33. The van der Waals surface area contributed by atoms with Gasteiger partial charge in [0.15, 0.2) is 0 Å². The van der Waals surface area contributed by atoms with Gasteiger partial charge < -0.3 is 10.1 Å². The van der Waals surface area contributed by atoms with E-state index in [9.17, 15) is 10.1 Å². The quantitative estimate of drug-likeness (QED) is 0.671. The van der Waals surface area contributed by atoms with Crippen LogP contribution < -0.4 is 10.1 Å². The number of ether oxygens (including phenoxy) is 1. The molecule has 3 atom stereocenters. The van der Waals surface area contributed by atoms with Crippen LogP contribution in [0, 0.1) is 22.0 Å². The zero-order chi connectivity index (χ0) is 14.7. The topological polar surface area (TPSA) is 64.4 Å². The van der Waals surface area contributed by atoms with Crippen LogP contribution in [0.5, 0.6) is 5.75 Å². The molecule has 1 fully saturated rings. The fraction of sp³-hybridized carbons (Fsp3) is 0.600. The molecule has 5 nitrogen and oxygen atoms in total. The first-order chi connectivity index (χ1) is 9.51. The van der Waals surface area contributed by atoms with E-state index in [1.807, 2.05) is 6.07 Å². The van der Waals surface area contributed by atoms with Crippen LogP contribution in [0.4, 0.5) is 11.4 Å². The van der Waals surface area contributed by atoms with Gasteiger partial charge in [0.2, 0.25) is 0 Å². The Kier molecular flexibility index (Phi) is 4.47. The highest BCUT2D eigenvalue weighted by Gasteiger charge is 2.27. The summed E-state index contributed by atoms with van der Waals surface area (Å²) in [6, 6.07) is 5.21. The molecule has 1 aliphatic carbocycles. The summed E-state index contributed by atoms with van der Waals surface area (Å²) < 4.78 is 5.14. The molecule has 1 N–H and O–H groups in total. The van der Waals surface area contributed by atoms with Crippen molar-refractivity contribution in [1.29, 1.82) is 0 Å². The first-order valence-corrected chi connectivity index (χ1v) is 7.11. The van der Waals surface area contributed by atoms with Crippen LogP contribution in [-0.4, -0.2) is 18.1 Å². The first-order valence-electron chi connectivity index (χ1n) is 7.11. The molecule has 0 amide bonds. The summed E-state index contributed by atoms with van der Waals surface area (Å²) >= 11 is 0. The normalized spacial score (nSPS) is 26.1. The number of nitro benzene ring substituents is 1. The Morgan fingerprint density at radius 2 is 2.05 bits per heavy atom. The zero-order valence-electron chi connectivity index (χ0n) is 12.3. The Bertz CT molecular complexity index is 490. The standard InChI is InChI=1S/C15H22N2O3/c1-10-5-4-6-15(11(10)2)16-12-7-13(17(18)19)9-14(8-12)20-3/h7-11,15-16H,4-6H2,1-3H3. The van der Waals surface area contributed by atoms with Crippen LogP contribution in [-0.2, 0) is 0 Å². The molecule has 3 unspecified atom stereocenters. The molecular weight excluding hydrogens is 256 g/mol. The molecule has 1 aliphatic rings. The highest BCUT2D eigenvalue weighted by molar-refractivity contribution is 5.56. The Labute approximate surface area is 119 Å². The third-order valence-electron chi connectivity index (χ3n) is 4.40. The van der Waals surface area contributed by atoms with Gasteiger partial charge in [0.25, 0.3) is 5.69 Å². The van der Waals surface area contributed by atoms with E-state index in [-0.39, 0.29) is 10.6 Å². The molecule has 0 saturated heterocycles. The van der Waals surface area contributed by atoms with Crippen molar-refractivity contribution in [2.24, 2.45) is 11.8 Å². The molecular formula is C15H22N2O3. The summed E-state index contributed by atoms with van der Waals surface area (Å²) in [5.74, 6) is 1.76. The van der Waals surface area contributed by atoms with Crippen molar-refractivity contribution in [3.05, 3.63) is 28.3 Å². The van der Waals surface area contributed by atoms with Crippen molar-refractivity contribution < 1.29 is 9.66 Å². The number of nitro groups is 1. The molecule has 0 spiro atoms. The van der Waals surface area contributed by atoms with Gasteiger partial charge in [-0.1, -0.05) is 26.7 Å². The summed E-state index contributed by atoms with van der Waals surface area (Å²) in [5.41, 5.74) is 0.824. The van der Waals surface area contributed by atoms with Gasteiger partial charge >= 0.3 is 0 Å². The van der Waals surface area contributed by atoms with Crippen LogP contribution in [0.1, 0.15) is 33.1 Å². The van der Waals surface area contributed by atoms with Gasteiger partial charge in [0.1, 0.15) is 5.75 Å². The average molecular weight is 278 g/mol. The molecule has 1 aromatic rings. The van der Waals surface area contributed by atoms with E-state index >= 15 is 0 Å². The maximum atomic E-state index is 11.0. The Hall–Kier alpha value is -1.78. The molecule has 0 aromatic heterocycles. The van der Waals surface area contributed by atoms with Crippen LogP contribution in [0.3, 0.4) is 0 Å². The summed E-state index contributed by atoms with van der Waals surface area (Å²) in [5, 5.41) is 14.4. The number of hydrogen-bond donors (Lipinski definition) is 1. The molecule has 20 heavy (non-hydrogen) atoms. The molecule has 0 radical (unpaired) electrons. The van der Waals surface area contributed by atoms with E-state index in [0.717, 1.165) is 12.1 Å². The summed E-state index contributed by atoms with van der Waals surface area (Å²) in [4.78, 5) is 10.6. The number of nitrogens with one attached hydrogen (secondary N) is 1. The van der Waals surface area contributed by atoms with Crippen LogP contribution in [0.25, 0.3) is 0 Å². The minimum absolute atomic E-state index is 0.0587. The van der Waals surface area contributed by atoms with E-state index in [1.54, 1.807) is 6.07 Å². The van der Waals surface area contributed by atoms with Gasteiger partial charge in [-0.05, 0) is 18.3 Å². The van der Waals surface area contributed by atoms with E-state index in [4.69, 9.17) is 4.74 Å². The summed E-state index contributed by atoms with van der Waals surface area (Å²) in [7, 11) is 1.52. The second-order valence-corrected chi connectivity index (χ2v) is 5.69. The predicted octanol–water partition coefficient (Wildman–Crippen LogP) is 3.84. The van der Waals surface area contributed by atoms with Crippen molar-refractivity contribution in [2.75, 3.05) is 12.4 Å². The van der Waals surface area contributed by atoms with Crippen molar-refractivity contribution in [2.45, 2.75) is 39.2 Å². The van der Waals surface area contributed by atoms with Gasteiger partial charge in [-0.3, -0.25) is 10.1 Å². The second kappa shape index (κ2) is 6.11.